The molecule has 0 heterocycles. The molecule has 0 saturated heterocycles. The standard InChI is InChI=1S/C17H26N2O3S/c1-17(2)11-4-5-15(17)19-16(20)18-12-10-13-6-8-14(9-7-13)23(3,21)22/h6-9,15H,4-5,10-12H2,1-3H3,(H2,18,19,20). The van der Waals surface area contributed by atoms with Crippen LogP contribution in [0.2, 0.25) is 0 Å². The maximum absolute atomic E-state index is 12.0. The molecule has 1 aromatic rings. The van der Waals surface area contributed by atoms with E-state index < -0.39 is 9.84 Å². The predicted octanol–water partition coefficient (Wildman–Crippen LogP) is 2.51. The maximum Gasteiger partial charge on any atom is 0.315 e. The second kappa shape index (κ2) is 6.91. The van der Waals surface area contributed by atoms with Gasteiger partial charge in [-0.1, -0.05) is 32.4 Å². The molecule has 0 spiro atoms. The molecule has 0 aliphatic heterocycles. The quantitative estimate of drug-likeness (QED) is 0.866. The van der Waals surface area contributed by atoms with Crippen molar-refractivity contribution < 1.29 is 13.2 Å². The first kappa shape index (κ1) is 17.8. The van der Waals surface area contributed by atoms with Gasteiger partial charge in [0.15, 0.2) is 9.84 Å². The summed E-state index contributed by atoms with van der Waals surface area (Å²) in [6, 6.07) is 6.89. The third-order valence-electron chi connectivity index (χ3n) is 4.61. The van der Waals surface area contributed by atoms with Crippen LogP contribution in [0.1, 0.15) is 38.7 Å². The number of rotatable bonds is 5. The first-order valence-electron chi connectivity index (χ1n) is 8.02. The summed E-state index contributed by atoms with van der Waals surface area (Å²) in [6.45, 7) is 4.90. The van der Waals surface area contributed by atoms with Gasteiger partial charge in [-0.05, 0) is 42.4 Å². The molecule has 1 fully saturated rings. The van der Waals surface area contributed by atoms with Crippen LogP contribution in [0.25, 0.3) is 0 Å². The Hall–Kier alpha value is -1.56. The third-order valence-corrected chi connectivity index (χ3v) is 5.74. The van der Waals surface area contributed by atoms with E-state index in [2.05, 4.69) is 24.5 Å². The molecule has 2 amide bonds. The molecule has 1 aliphatic rings. The highest BCUT2D eigenvalue weighted by Crippen LogP contribution is 2.36. The van der Waals surface area contributed by atoms with Gasteiger partial charge in [-0.3, -0.25) is 0 Å². The van der Waals surface area contributed by atoms with Crippen LogP contribution >= 0.6 is 0 Å². The summed E-state index contributed by atoms with van der Waals surface area (Å²) >= 11 is 0. The molecule has 1 saturated carbocycles. The van der Waals surface area contributed by atoms with Gasteiger partial charge < -0.3 is 10.6 Å². The van der Waals surface area contributed by atoms with E-state index in [0.29, 0.717) is 17.9 Å². The average Bonchev–Trinajstić information content (AvgIpc) is 2.77. The molecule has 1 aliphatic carbocycles. The number of urea groups is 1. The van der Waals surface area contributed by atoms with Gasteiger partial charge in [-0.25, -0.2) is 13.2 Å². The molecule has 1 unspecified atom stereocenters. The Labute approximate surface area is 138 Å². The van der Waals surface area contributed by atoms with Gasteiger partial charge in [0, 0.05) is 18.8 Å². The van der Waals surface area contributed by atoms with E-state index in [1.165, 1.54) is 6.26 Å². The van der Waals surface area contributed by atoms with E-state index >= 15 is 0 Å². The van der Waals surface area contributed by atoms with Gasteiger partial charge in [0.05, 0.1) is 4.90 Å². The van der Waals surface area contributed by atoms with E-state index in [0.717, 1.165) is 24.8 Å². The fourth-order valence-corrected chi connectivity index (χ4v) is 3.66. The number of hydrogen-bond donors (Lipinski definition) is 2. The van der Waals surface area contributed by atoms with Gasteiger partial charge in [0.1, 0.15) is 0 Å². The van der Waals surface area contributed by atoms with Crippen molar-refractivity contribution >= 4 is 15.9 Å². The lowest BCUT2D eigenvalue weighted by Gasteiger charge is -2.27. The van der Waals surface area contributed by atoms with Crippen LogP contribution in [0, 0.1) is 5.41 Å². The fourth-order valence-electron chi connectivity index (χ4n) is 3.03. The van der Waals surface area contributed by atoms with E-state index in [1.807, 2.05) is 0 Å². The van der Waals surface area contributed by atoms with Gasteiger partial charge in [-0.2, -0.15) is 0 Å². The lowest BCUT2D eigenvalue weighted by Crippen LogP contribution is -2.46. The van der Waals surface area contributed by atoms with E-state index in [-0.39, 0.29) is 17.5 Å². The SMILES string of the molecule is CC1(C)CCCC1NC(=O)NCCc1ccc(S(C)(=O)=O)cc1. The Morgan fingerprint density at radius 2 is 1.91 bits per heavy atom. The topological polar surface area (TPSA) is 75.3 Å². The smallest absolute Gasteiger partial charge is 0.315 e. The van der Waals surface area contributed by atoms with Gasteiger partial charge in [-0.15, -0.1) is 0 Å². The summed E-state index contributed by atoms with van der Waals surface area (Å²) in [6.07, 6.45) is 5.20. The Kier molecular flexibility index (Phi) is 5.34. The van der Waals surface area contributed by atoms with Crippen molar-refractivity contribution in [2.75, 3.05) is 12.8 Å². The summed E-state index contributed by atoms with van der Waals surface area (Å²) in [7, 11) is -3.16. The van der Waals surface area contributed by atoms with Crippen LogP contribution in [0.4, 0.5) is 4.79 Å². The zero-order chi connectivity index (χ0) is 17.1. The summed E-state index contributed by atoms with van der Waals surface area (Å²) in [5, 5.41) is 5.93. The van der Waals surface area contributed by atoms with Crippen molar-refractivity contribution in [3.8, 4) is 0 Å². The molecular formula is C17H26N2O3S. The van der Waals surface area contributed by atoms with Crippen molar-refractivity contribution in [2.24, 2.45) is 5.41 Å². The van der Waals surface area contributed by atoms with Crippen LogP contribution in [0.15, 0.2) is 29.2 Å². The molecule has 0 aromatic heterocycles. The normalized spacial score (nSPS) is 20.2. The molecule has 2 N–H and O–H groups in total. The lowest BCUT2D eigenvalue weighted by molar-refractivity contribution is 0.222. The predicted molar refractivity (Wildman–Crippen MR) is 91.2 cm³/mol. The Balaban J connectivity index is 1.77. The van der Waals surface area contributed by atoms with E-state index in [9.17, 15) is 13.2 Å². The number of nitrogens with one attached hydrogen (secondary N) is 2. The van der Waals surface area contributed by atoms with Crippen LogP contribution in [0.3, 0.4) is 0 Å². The average molecular weight is 338 g/mol. The van der Waals surface area contributed by atoms with Gasteiger partial charge in [0.25, 0.3) is 0 Å². The number of amides is 2. The molecule has 5 nitrogen and oxygen atoms in total. The Morgan fingerprint density at radius 1 is 1.26 bits per heavy atom. The number of carbonyl (C=O) groups excluding carboxylic acids is 1. The second-order valence-corrected chi connectivity index (χ2v) is 9.02. The molecule has 128 valence electrons. The van der Waals surface area contributed by atoms with Crippen molar-refractivity contribution in [1.29, 1.82) is 0 Å². The Morgan fingerprint density at radius 3 is 2.43 bits per heavy atom. The zero-order valence-electron chi connectivity index (χ0n) is 14.1. The van der Waals surface area contributed by atoms with Crippen molar-refractivity contribution in [3.05, 3.63) is 29.8 Å². The maximum atomic E-state index is 12.0. The third kappa shape index (κ3) is 4.96. The van der Waals surface area contributed by atoms with Gasteiger partial charge in [0.2, 0.25) is 0 Å². The van der Waals surface area contributed by atoms with Crippen LogP contribution < -0.4 is 10.6 Å². The monoisotopic (exact) mass is 338 g/mol. The number of hydrogen-bond acceptors (Lipinski definition) is 3. The highest BCUT2D eigenvalue weighted by Gasteiger charge is 2.35. The van der Waals surface area contributed by atoms with Crippen molar-refractivity contribution in [1.82, 2.24) is 10.6 Å². The molecular weight excluding hydrogens is 312 g/mol. The molecule has 0 bridgehead atoms. The highest BCUT2D eigenvalue weighted by molar-refractivity contribution is 7.90. The molecule has 23 heavy (non-hydrogen) atoms. The van der Waals surface area contributed by atoms with Crippen LogP contribution in [-0.2, 0) is 16.3 Å². The molecule has 6 heteroatoms. The lowest BCUT2D eigenvalue weighted by atomic mass is 9.87. The minimum Gasteiger partial charge on any atom is -0.338 e. The van der Waals surface area contributed by atoms with Crippen molar-refractivity contribution in [3.63, 3.8) is 0 Å². The minimum atomic E-state index is -3.16. The van der Waals surface area contributed by atoms with Gasteiger partial charge >= 0.3 is 6.03 Å². The first-order valence-corrected chi connectivity index (χ1v) is 9.91. The molecule has 0 radical (unpaired) electrons. The minimum absolute atomic E-state index is 0.127. The number of carbonyl (C=O) groups is 1. The summed E-state index contributed by atoms with van der Waals surface area (Å²) in [4.78, 5) is 12.3. The largest absolute Gasteiger partial charge is 0.338 e. The molecule has 2 rings (SSSR count). The summed E-state index contributed by atoms with van der Waals surface area (Å²) < 4.78 is 22.8. The summed E-state index contributed by atoms with van der Waals surface area (Å²) in [5.74, 6) is 0. The number of sulfone groups is 1. The first-order chi connectivity index (χ1) is 10.7. The molecule has 1 atom stereocenters. The highest BCUT2D eigenvalue weighted by atomic mass is 32.2. The second-order valence-electron chi connectivity index (χ2n) is 7.00. The fraction of sp³-hybridized carbons (Fsp3) is 0.588. The van der Waals surface area contributed by atoms with E-state index in [4.69, 9.17) is 0 Å². The summed E-state index contributed by atoms with van der Waals surface area (Å²) in [5.41, 5.74) is 1.16. The number of benzene rings is 1. The van der Waals surface area contributed by atoms with Crippen LogP contribution in [0.5, 0.6) is 0 Å². The zero-order valence-corrected chi connectivity index (χ0v) is 14.9. The van der Waals surface area contributed by atoms with Crippen molar-refractivity contribution in [2.45, 2.75) is 50.5 Å². The Bertz CT molecular complexity index is 651. The van der Waals surface area contributed by atoms with E-state index in [1.54, 1.807) is 24.3 Å². The van der Waals surface area contributed by atoms with Crippen LogP contribution in [-0.4, -0.2) is 33.3 Å². The molecule has 1 aromatic carbocycles.